The fourth-order valence-electron chi connectivity index (χ4n) is 3.71. The van der Waals surface area contributed by atoms with Crippen molar-refractivity contribution in [3.8, 4) is 5.75 Å². The van der Waals surface area contributed by atoms with Crippen molar-refractivity contribution in [2.75, 3.05) is 13.2 Å². The van der Waals surface area contributed by atoms with Crippen molar-refractivity contribution < 1.29 is 14.3 Å². The van der Waals surface area contributed by atoms with E-state index in [1.54, 1.807) is 23.1 Å². The zero-order chi connectivity index (χ0) is 25.2. The molecule has 7 heteroatoms. The molecular weight excluding hydrogens is 483 g/mol. The molecular formula is C28H30Cl2N2O3. The van der Waals surface area contributed by atoms with E-state index in [1.165, 1.54) is 0 Å². The van der Waals surface area contributed by atoms with E-state index < -0.39 is 6.04 Å². The lowest BCUT2D eigenvalue weighted by Gasteiger charge is -2.32. The Morgan fingerprint density at radius 1 is 1.00 bits per heavy atom. The first-order chi connectivity index (χ1) is 16.9. The van der Waals surface area contributed by atoms with Crippen LogP contribution in [0.15, 0.2) is 72.8 Å². The van der Waals surface area contributed by atoms with Crippen LogP contribution in [0.1, 0.15) is 30.0 Å². The molecule has 0 aromatic heterocycles. The van der Waals surface area contributed by atoms with E-state index in [1.807, 2.05) is 68.4 Å². The van der Waals surface area contributed by atoms with Crippen molar-refractivity contribution >= 4 is 35.0 Å². The number of amides is 2. The fraction of sp³-hybridized carbons (Fsp3) is 0.286. The van der Waals surface area contributed by atoms with Gasteiger partial charge < -0.3 is 15.0 Å². The molecule has 0 saturated heterocycles. The van der Waals surface area contributed by atoms with Crippen molar-refractivity contribution in [1.82, 2.24) is 10.2 Å². The number of halogens is 2. The molecule has 0 bridgehead atoms. The quantitative estimate of drug-likeness (QED) is 0.350. The van der Waals surface area contributed by atoms with Crippen LogP contribution in [-0.2, 0) is 22.6 Å². The monoisotopic (exact) mass is 512 g/mol. The zero-order valence-corrected chi connectivity index (χ0v) is 21.5. The Labute approximate surface area is 217 Å². The average Bonchev–Trinajstić information content (AvgIpc) is 2.85. The first-order valence-electron chi connectivity index (χ1n) is 11.6. The molecule has 5 nitrogen and oxygen atoms in total. The Morgan fingerprint density at radius 3 is 2.40 bits per heavy atom. The maximum atomic E-state index is 13.6. The highest BCUT2D eigenvalue weighted by Gasteiger charge is 2.31. The molecule has 2 amide bonds. The van der Waals surface area contributed by atoms with Gasteiger partial charge >= 0.3 is 0 Å². The summed E-state index contributed by atoms with van der Waals surface area (Å²) >= 11 is 12.2. The minimum atomic E-state index is -0.708. The topological polar surface area (TPSA) is 58.6 Å². The highest BCUT2D eigenvalue weighted by Crippen LogP contribution is 2.27. The second-order valence-corrected chi connectivity index (χ2v) is 9.15. The van der Waals surface area contributed by atoms with Crippen LogP contribution < -0.4 is 10.1 Å². The smallest absolute Gasteiger partial charge is 0.261 e. The molecule has 0 saturated carbocycles. The molecule has 1 atom stereocenters. The fourth-order valence-corrected chi connectivity index (χ4v) is 4.17. The Morgan fingerprint density at radius 2 is 1.71 bits per heavy atom. The molecule has 3 aromatic rings. The van der Waals surface area contributed by atoms with Crippen LogP contribution in [0, 0.1) is 6.92 Å². The van der Waals surface area contributed by atoms with Gasteiger partial charge in [0.25, 0.3) is 5.91 Å². The van der Waals surface area contributed by atoms with Gasteiger partial charge in [0.1, 0.15) is 11.8 Å². The van der Waals surface area contributed by atoms with Gasteiger partial charge in [0.05, 0.1) is 5.02 Å². The Bertz CT molecular complexity index is 1140. The first kappa shape index (κ1) is 26.6. The lowest BCUT2D eigenvalue weighted by Crippen LogP contribution is -2.51. The summed E-state index contributed by atoms with van der Waals surface area (Å²) in [4.78, 5) is 28.5. The minimum absolute atomic E-state index is 0.192. The van der Waals surface area contributed by atoms with E-state index in [-0.39, 0.29) is 25.0 Å². The number of carbonyl (C=O) groups is 2. The Hall–Kier alpha value is -3.02. The van der Waals surface area contributed by atoms with Gasteiger partial charge in [-0.15, -0.1) is 0 Å². The van der Waals surface area contributed by atoms with E-state index in [0.29, 0.717) is 28.8 Å². The normalized spacial score (nSPS) is 11.5. The number of nitrogens with zero attached hydrogens (tertiary/aromatic N) is 1. The van der Waals surface area contributed by atoms with Crippen molar-refractivity contribution in [2.24, 2.45) is 0 Å². The lowest BCUT2D eigenvalue weighted by atomic mass is 10.0. The third-order valence-corrected chi connectivity index (χ3v) is 6.20. The second-order valence-electron chi connectivity index (χ2n) is 8.31. The molecule has 35 heavy (non-hydrogen) atoms. The van der Waals surface area contributed by atoms with Crippen LogP contribution in [0.3, 0.4) is 0 Å². The molecule has 3 aromatic carbocycles. The molecule has 184 valence electrons. The van der Waals surface area contributed by atoms with Crippen LogP contribution >= 0.6 is 23.2 Å². The summed E-state index contributed by atoms with van der Waals surface area (Å²) < 4.78 is 5.75. The number of carbonyl (C=O) groups excluding carboxylic acids is 2. The predicted molar refractivity (Wildman–Crippen MR) is 141 cm³/mol. The number of ether oxygens (including phenoxy) is 1. The van der Waals surface area contributed by atoms with E-state index in [2.05, 4.69) is 5.32 Å². The summed E-state index contributed by atoms with van der Waals surface area (Å²) in [6.07, 6.45) is 1.18. The molecule has 0 heterocycles. The van der Waals surface area contributed by atoms with E-state index >= 15 is 0 Å². The number of hydrogen-bond donors (Lipinski definition) is 1. The Balaban J connectivity index is 1.91. The van der Waals surface area contributed by atoms with E-state index in [4.69, 9.17) is 27.9 Å². The van der Waals surface area contributed by atoms with Gasteiger partial charge in [0.15, 0.2) is 6.61 Å². The highest BCUT2D eigenvalue weighted by molar-refractivity contribution is 6.35. The number of hydrogen-bond acceptors (Lipinski definition) is 3. The maximum Gasteiger partial charge on any atom is 0.261 e. The summed E-state index contributed by atoms with van der Waals surface area (Å²) in [5.74, 6) is -0.149. The summed E-state index contributed by atoms with van der Waals surface area (Å²) in [6, 6.07) is 21.7. The highest BCUT2D eigenvalue weighted by atomic mass is 35.5. The lowest BCUT2D eigenvalue weighted by molar-refractivity contribution is -0.142. The molecule has 0 unspecified atom stereocenters. The van der Waals surface area contributed by atoms with Crippen LogP contribution in [0.4, 0.5) is 0 Å². The van der Waals surface area contributed by atoms with Crippen molar-refractivity contribution in [3.05, 3.63) is 99.5 Å². The minimum Gasteiger partial charge on any atom is -0.482 e. The maximum absolute atomic E-state index is 13.6. The standard InChI is InChI=1S/C28H30Cl2N2O3/c1-3-15-31-28(34)25(16-21-10-5-4-6-11-21)32(18-22-12-8-7-9-20(22)2)27(33)19-35-26-14-13-23(29)17-24(26)30/h4-14,17,25H,3,15-16,18-19H2,1-2H3,(H,31,34)/t25-/m0/s1. The average molecular weight is 513 g/mol. The van der Waals surface area contributed by atoms with Crippen LogP contribution in [0.2, 0.25) is 10.0 Å². The van der Waals surface area contributed by atoms with Crippen LogP contribution in [0.25, 0.3) is 0 Å². The predicted octanol–water partition coefficient (Wildman–Crippen LogP) is 5.85. The summed E-state index contributed by atoms with van der Waals surface area (Å²) in [5.41, 5.74) is 2.97. The number of nitrogens with one attached hydrogen (secondary N) is 1. The molecule has 0 aliphatic heterocycles. The molecule has 0 aliphatic rings. The largest absolute Gasteiger partial charge is 0.482 e. The summed E-state index contributed by atoms with van der Waals surface area (Å²) in [5, 5.41) is 3.76. The summed E-state index contributed by atoms with van der Waals surface area (Å²) in [7, 11) is 0. The summed E-state index contributed by atoms with van der Waals surface area (Å²) in [6.45, 7) is 4.53. The molecule has 0 aliphatic carbocycles. The van der Waals surface area contributed by atoms with Gasteiger partial charge in [0, 0.05) is 24.5 Å². The van der Waals surface area contributed by atoms with Gasteiger partial charge in [-0.25, -0.2) is 0 Å². The van der Waals surface area contributed by atoms with Gasteiger partial charge in [-0.3, -0.25) is 9.59 Å². The van der Waals surface area contributed by atoms with Crippen molar-refractivity contribution in [1.29, 1.82) is 0 Å². The van der Waals surface area contributed by atoms with E-state index in [0.717, 1.165) is 23.1 Å². The number of rotatable bonds is 11. The first-order valence-corrected chi connectivity index (χ1v) is 12.4. The van der Waals surface area contributed by atoms with Gasteiger partial charge in [0.2, 0.25) is 5.91 Å². The number of aryl methyl sites for hydroxylation is 1. The van der Waals surface area contributed by atoms with Gasteiger partial charge in [-0.1, -0.05) is 84.7 Å². The number of benzene rings is 3. The molecule has 3 rings (SSSR count). The van der Waals surface area contributed by atoms with Crippen molar-refractivity contribution in [2.45, 2.75) is 39.3 Å². The second kappa shape index (κ2) is 13.2. The molecule has 1 N–H and O–H groups in total. The zero-order valence-electron chi connectivity index (χ0n) is 20.0. The third-order valence-electron chi connectivity index (χ3n) is 5.67. The van der Waals surface area contributed by atoms with Gasteiger partial charge in [-0.2, -0.15) is 0 Å². The van der Waals surface area contributed by atoms with Crippen LogP contribution in [-0.4, -0.2) is 35.9 Å². The van der Waals surface area contributed by atoms with Crippen molar-refractivity contribution in [3.63, 3.8) is 0 Å². The Kier molecular flexibility index (Phi) is 10.0. The van der Waals surface area contributed by atoms with E-state index in [9.17, 15) is 9.59 Å². The molecule has 0 spiro atoms. The molecule has 0 radical (unpaired) electrons. The van der Waals surface area contributed by atoms with Crippen LogP contribution in [0.5, 0.6) is 5.75 Å². The molecule has 0 fully saturated rings. The van der Waals surface area contributed by atoms with Gasteiger partial charge in [-0.05, 0) is 48.2 Å². The third kappa shape index (κ3) is 7.74. The SMILES string of the molecule is CCCNC(=O)[C@H](Cc1ccccc1)N(Cc1ccccc1C)C(=O)COc1ccc(Cl)cc1Cl.